The van der Waals surface area contributed by atoms with Gasteiger partial charge in [0.2, 0.25) is 0 Å². The summed E-state index contributed by atoms with van der Waals surface area (Å²) >= 11 is 0. The first-order valence-electron chi connectivity index (χ1n) is 7.42. The fourth-order valence-corrected chi connectivity index (χ4v) is 2.18. The Morgan fingerprint density at radius 3 is 2.39 bits per heavy atom. The molecule has 2 aromatic carbocycles. The van der Waals surface area contributed by atoms with E-state index in [9.17, 15) is 4.39 Å². The first-order chi connectivity index (χ1) is 11.3. The summed E-state index contributed by atoms with van der Waals surface area (Å²) in [6, 6.07) is 18.2. The molecule has 0 fully saturated rings. The number of rotatable bonds is 6. The highest BCUT2D eigenvalue weighted by atomic mass is 19.1. The number of halogens is 1. The second-order valence-corrected chi connectivity index (χ2v) is 5.08. The fraction of sp³-hybridized carbons (Fsp3) is 0.111. The molecular formula is C18H17FN4. The van der Waals surface area contributed by atoms with E-state index in [1.807, 2.05) is 36.4 Å². The summed E-state index contributed by atoms with van der Waals surface area (Å²) in [6.07, 6.45) is 2.32. The van der Waals surface area contributed by atoms with Crippen molar-refractivity contribution in [2.45, 2.75) is 6.42 Å². The lowest BCUT2D eigenvalue weighted by molar-refractivity contribution is 0.627. The van der Waals surface area contributed by atoms with E-state index in [2.05, 4.69) is 20.6 Å². The Morgan fingerprint density at radius 1 is 0.870 bits per heavy atom. The van der Waals surface area contributed by atoms with Crippen LogP contribution in [0.4, 0.5) is 21.7 Å². The van der Waals surface area contributed by atoms with E-state index in [4.69, 9.17) is 0 Å². The molecule has 5 heteroatoms. The molecule has 0 atom stereocenters. The van der Waals surface area contributed by atoms with Gasteiger partial charge in [0.05, 0.1) is 0 Å². The second-order valence-electron chi connectivity index (χ2n) is 5.08. The van der Waals surface area contributed by atoms with Crippen molar-refractivity contribution in [3.8, 4) is 0 Å². The molecule has 3 aromatic rings. The molecular weight excluding hydrogens is 291 g/mol. The van der Waals surface area contributed by atoms with Crippen LogP contribution in [0.5, 0.6) is 0 Å². The van der Waals surface area contributed by atoms with E-state index in [0.29, 0.717) is 6.54 Å². The average Bonchev–Trinajstić information content (AvgIpc) is 2.58. The SMILES string of the molecule is Fc1ccc(CCNc2cc(Nc3ccccc3)ncn2)cc1. The molecule has 0 unspecified atom stereocenters. The predicted molar refractivity (Wildman–Crippen MR) is 90.4 cm³/mol. The Labute approximate surface area is 134 Å². The topological polar surface area (TPSA) is 49.8 Å². The molecule has 0 aliphatic carbocycles. The smallest absolute Gasteiger partial charge is 0.135 e. The number of aromatic nitrogens is 2. The van der Waals surface area contributed by atoms with E-state index in [1.165, 1.54) is 18.5 Å². The quantitative estimate of drug-likeness (QED) is 0.722. The van der Waals surface area contributed by atoms with Gasteiger partial charge in [-0.1, -0.05) is 30.3 Å². The highest BCUT2D eigenvalue weighted by molar-refractivity contribution is 5.58. The van der Waals surface area contributed by atoms with E-state index in [0.717, 1.165) is 29.3 Å². The van der Waals surface area contributed by atoms with Crippen LogP contribution in [0.15, 0.2) is 67.0 Å². The summed E-state index contributed by atoms with van der Waals surface area (Å²) in [4.78, 5) is 8.41. The van der Waals surface area contributed by atoms with Gasteiger partial charge in [-0.05, 0) is 36.2 Å². The number of benzene rings is 2. The van der Waals surface area contributed by atoms with Crippen molar-refractivity contribution in [1.29, 1.82) is 0 Å². The Kier molecular flexibility index (Phi) is 4.79. The first kappa shape index (κ1) is 15.0. The largest absolute Gasteiger partial charge is 0.370 e. The lowest BCUT2D eigenvalue weighted by Crippen LogP contribution is -2.07. The lowest BCUT2D eigenvalue weighted by Gasteiger charge is -2.08. The molecule has 0 saturated carbocycles. The minimum atomic E-state index is -0.214. The summed E-state index contributed by atoms with van der Waals surface area (Å²) < 4.78 is 12.9. The van der Waals surface area contributed by atoms with Gasteiger partial charge in [0, 0.05) is 18.3 Å². The standard InChI is InChI=1S/C18H17FN4/c19-15-8-6-14(7-9-15)10-11-20-17-12-18(22-13-21-17)23-16-4-2-1-3-5-16/h1-9,12-13H,10-11H2,(H2,20,21,22,23). The molecule has 4 nitrogen and oxygen atoms in total. The predicted octanol–water partition coefficient (Wildman–Crippen LogP) is 4.01. The second kappa shape index (κ2) is 7.35. The molecule has 1 heterocycles. The zero-order valence-corrected chi connectivity index (χ0v) is 12.5. The molecule has 2 N–H and O–H groups in total. The fourth-order valence-electron chi connectivity index (χ4n) is 2.18. The maximum atomic E-state index is 12.9. The van der Waals surface area contributed by atoms with Crippen LogP contribution >= 0.6 is 0 Å². The number of hydrogen-bond donors (Lipinski definition) is 2. The van der Waals surface area contributed by atoms with Gasteiger partial charge in [-0.2, -0.15) is 0 Å². The van der Waals surface area contributed by atoms with E-state index in [1.54, 1.807) is 12.1 Å². The molecule has 0 saturated heterocycles. The zero-order valence-electron chi connectivity index (χ0n) is 12.5. The third-order valence-corrected chi connectivity index (χ3v) is 3.35. The zero-order chi connectivity index (χ0) is 15.9. The van der Waals surface area contributed by atoms with Crippen LogP contribution in [0.1, 0.15) is 5.56 Å². The van der Waals surface area contributed by atoms with Gasteiger partial charge in [0.25, 0.3) is 0 Å². The van der Waals surface area contributed by atoms with Crippen LogP contribution in [-0.4, -0.2) is 16.5 Å². The Bertz CT molecular complexity index is 744. The number of nitrogens with zero attached hydrogens (tertiary/aromatic N) is 2. The van der Waals surface area contributed by atoms with Crippen molar-refractivity contribution in [2.75, 3.05) is 17.2 Å². The van der Waals surface area contributed by atoms with Gasteiger partial charge < -0.3 is 10.6 Å². The van der Waals surface area contributed by atoms with Crippen molar-refractivity contribution in [2.24, 2.45) is 0 Å². The van der Waals surface area contributed by atoms with Crippen LogP contribution in [0.3, 0.4) is 0 Å². The third kappa shape index (κ3) is 4.51. The highest BCUT2D eigenvalue weighted by Crippen LogP contribution is 2.15. The summed E-state index contributed by atoms with van der Waals surface area (Å²) in [7, 11) is 0. The van der Waals surface area contributed by atoms with Gasteiger partial charge in [-0.25, -0.2) is 14.4 Å². The minimum absolute atomic E-state index is 0.214. The number of anilines is 3. The van der Waals surface area contributed by atoms with Gasteiger partial charge in [-0.15, -0.1) is 0 Å². The van der Waals surface area contributed by atoms with E-state index >= 15 is 0 Å². The van der Waals surface area contributed by atoms with Crippen molar-refractivity contribution >= 4 is 17.3 Å². The maximum Gasteiger partial charge on any atom is 0.135 e. The van der Waals surface area contributed by atoms with Gasteiger partial charge >= 0.3 is 0 Å². The molecule has 3 rings (SSSR count). The van der Waals surface area contributed by atoms with Crippen molar-refractivity contribution < 1.29 is 4.39 Å². The highest BCUT2D eigenvalue weighted by Gasteiger charge is 2.00. The van der Waals surface area contributed by atoms with Crippen LogP contribution in [0, 0.1) is 5.82 Å². The normalized spacial score (nSPS) is 10.3. The summed E-state index contributed by atoms with van der Waals surface area (Å²) in [6.45, 7) is 0.716. The molecule has 0 aliphatic heterocycles. The van der Waals surface area contributed by atoms with Crippen LogP contribution < -0.4 is 10.6 Å². The molecule has 0 amide bonds. The van der Waals surface area contributed by atoms with Gasteiger partial charge in [-0.3, -0.25) is 0 Å². The summed E-state index contributed by atoms with van der Waals surface area (Å²) in [5.41, 5.74) is 2.05. The Hall–Kier alpha value is -2.95. The lowest BCUT2D eigenvalue weighted by atomic mass is 10.1. The van der Waals surface area contributed by atoms with Crippen molar-refractivity contribution in [3.63, 3.8) is 0 Å². The molecule has 0 spiro atoms. The summed E-state index contributed by atoms with van der Waals surface area (Å²) in [5, 5.41) is 6.47. The van der Waals surface area contributed by atoms with Crippen molar-refractivity contribution in [1.82, 2.24) is 9.97 Å². The average molecular weight is 308 g/mol. The molecule has 0 radical (unpaired) electrons. The molecule has 116 valence electrons. The van der Waals surface area contributed by atoms with Gasteiger partial charge in [0.15, 0.2) is 0 Å². The Balaban J connectivity index is 1.56. The number of para-hydroxylation sites is 1. The molecule has 0 bridgehead atoms. The third-order valence-electron chi connectivity index (χ3n) is 3.35. The van der Waals surface area contributed by atoms with Crippen LogP contribution in [0.25, 0.3) is 0 Å². The number of nitrogens with one attached hydrogen (secondary N) is 2. The molecule has 23 heavy (non-hydrogen) atoms. The summed E-state index contributed by atoms with van der Waals surface area (Å²) in [5.74, 6) is 1.27. The monoisotopic (exact) mass is 308 g/mol. The first-order valence-corrected chi connectivity index (χ1v) is 7.42. The van der Waals surface area contributed by atoms with Crippen LogP contribution in [0.2, 0.25) is 0 Å². The Morgan fingerprint density at radius 2 is 1.61 bits per heavy atom. The molecule has 0 aliphatic rings. The minimum Gasteiger partial charge on any atom is -0.370 e. The van der Waals surface area contributed by atoms with Crippen LogP contribution in [-0.2, 0) is 6.42 Å². The van der Waals surface area contributed by atoms with E-state index in [-0.39, 0.29) is 5.82 Å². The van der Waals surface area contributed by atoms with Gasteiger partial charge in [0.1, 0.15) is 23.8 Å². The van der Waals surface area contributed by atoms with Crippen molar-refractivity contribution in [3.05, 3.63) is 78.4 Å². The van der Waals surface area contributed by atoms with E-state index < -0.39 is 0 Å². The number of hydrogen-bond acceptors (Lipinski definition) is 4. The maximum absolute atomic E-state index is 12.9. The molecule has 1 aromatic heterocycles.